The molecular weight excluding hydrogens is 171 g/mol. The summed E-state index contributed by atoms with van der Waals surface area (Å²) in [4.78, 5) is 10.8. The predicted octanol–water partition coefficient (Wildman–Crippen LogP) is -0.658. The van der Waals surface area contributed by atoms with Gasteiger partial charge in [0.15, 0.2) is 0 Å². The quantitative estimate of drug-likeness (QED) is 0.465. The second kappa shape index (κ2) is 4.32. The van der Waals surface area contributed by atoms with Crippen LogP contribution in [0.5, 0.6) is 0 Å². The fraction of sp³-hybridized carbons (Fsp3) is 0. The van der Waals surface area contributed by atoms with Gasteiger partial charge in [0.25, 0.3) is 0 Å². The second-order valence-electron chi connectivity index (χ2n) is 2.75. The molecule has 14 heavy (non-hydrogen) atoms. The van der Waals surface area contributed by atoms with E-state index in [1.807, 2.05) is 24.3 Å². The Kier molecular flexibility index (Phi) is 3.35. The number of carboxylic acid groups (broad SMARTS) is 1. The van der Waals surface area contributed by atoms with Crippen LogP contribution >= 0.6 is 0 Å². The molecule has 3 heteroatoms. The summed E-state index contributed by atoms with van der Waals surface area (Å²) in [5.74, 6) is -0.934. The Morgan fingerprint density at radius 2 is 1.93 bits per heavy atom. The van der Waals surface area contributed by atoms with Crippen molar-refractivity contribution in [2.45, 2.75) is 0 Å². The number of carboxylic acids is 1. The van der Waals surface area contributed by atoms with Gasteiger partial charge >= 0.3 is 18.9 Å². The number of hydrogen-bond acceptors (Lipinski definition) is 1. The second-order valence-corrected chi connectivity index (χ2v) is 2.75. The molecule has 0 fully saturated rings. The molecule has 0 spiro atoms. The summed E-state index contributed by atoms with van der Waals surface area (Å²) < 4.78 is 0. The van der Waals surface area contributed by atoms with Crippen LogP contribution < -0.4 is 18.9 Å². The summed E-state index contributed by atoms with van der Waals surface area (Å²) in [5, 5.41) is 10.5. The minimum absolute atomic E-state index is 0. The normalized spacial score (nSPS) is 9.43. The van der Waals surface area contributed by atoms with Crippen molar-refractivity contribution in [2.75, 3.05) is 0 Å². The van der Waals surface area contributed by atoms with Gasteiger partial charge in [0.05, 0.1) is 0 Å². The van der Waals surface area contributed by atoms with Crippen molar-refractivity contribution in [3.8, 4) is 0 Å². The van der Waals surface area contributed by atoms with Gasteiger partial charge < -0.3 is 9.90 Å². The van der Waals surface area contributed by atoms with Crippen molar-refractivity contribution in [3.05, 3.63) is 48.0 Å². The first kappa shape index (κ1) is 10.8. The zero-order chi connectivity index (χ0) is 9.26. The summed E-state index contributed by atoms with van der Waals surface area (Å²) in [7, 11) is 0. The molecular formula is C11H7LiO2. The molecule has 0 atom stereocenters. The van der Waals surface area contributed by atoms with Gasteiger partial charge in [0, 0.05) is 0 Å². The molecule has 0 amide bonds. The number of carbonyl (C=O) groups is 1. The first-order valence-corrected chi connectivity index (χ1v) is 3.92. The van der Waals surface area contributed by atoms with E-state index >= 15 is 0 Å². The molecule has 0 radical (unpaired) electrons. The standard InChI is InChI=1S/C11H7O2.Li/c12-11(13)10-7-3-5-8-4-1-2-6-9(8)10;/h1-6H,(H,12,13);/q-1;+1. The maximum absolute atomic E-state index is 10.8. The number of fused-ring (bicyclic) bond motifs is 1. The fourth-order valence-electron chi connectivity index (χ4n) is 1.34. The number of hydrogen-bond donors (Lipinski definition) is 1. The molecule has 0 aliphatic heterocycles. The minimum atomic E-state index is -0.934. The zero-order valence-electron chi connectivity index (χ0n) is 7.82. The Labute approximate surface area is 93.7 Å². The van der Waals surface area contributed by atoms with Gasteiger partial charge in [-0.15, -0.1) is 23.6 Å². The summed E-state index contributed by atoms with van der Waals surface area (Å²) in [5.41, 5.74) is 0.234. The molecule has 0 aliphatic carbocycles. The Morgan fingerprint density at radius 1 is 1.21 bits per heavy atom. The molecule has 64 valence electrons. The first-order chi connectivity index (χ1) is 6.29. The van der Waals surface area contributed by atoms with E-state index in [1.165, 1.54) is 0 Å². The van der Waals surface area contributed by atoms with Gasteiger partial charge in [0.2, 0.25) is 5.97 Å². The molecule has 0 bridgehead atoms. The van der Waals surface area contributed by atoms with Gasteiger partial charge in [-0.1, -0.05) is 35.2 Å². The van der Waals surface area contributed by atoms with Crippen LogP contribution in [0.1, 0.15) is 10.4 Å². The average Bonchev–Trinajstić information content (AvgIpc) is 2.17. The van der Waals surface area contributed by atoms with Crippen molar-refractivity contribution in [1.82, 2.24) is 0 Å². The fourth-order valence-corrected chi connectivity index (χ4v) is 1.34. The molecule has 2 aromatic carbocycles. The molecule has 0 aliphatic rings. The predicted molar refractivity (Wildman–Crippen MR) is 49.7 cm³/mol. The molecule has 0 aromatic heterocycles. The molecule has 0 saturated heterocycles. The summed E-state index contributed by atoms with van der Waals surface area (Å²) in [6.07, 6.45) is 0. The largest absolute Gasteiger partial charge is 1.00 e. The third-order valence-electron chi connectivity index (χ3n) is 1.93. The topological polar surface area (TPSA) is 37.3 Å². The Balaban J connectivity index is 0.000000980. The van der Waals surface area contributed by atoms with E-state index in [4.69, 9.17) is 5.11 Å². The summed E-state index contributed by atoms with van der Waals surface area (Å²) >= 11 is 0. The molecule has 0 saturated carbocycles. The van der Waals surface area contributed by atoms with Crippen LogP contribution in [0.4, 0.5) is 0 Å². The van der Waals surface area contributed by atoms with Crippen LogP contribution in [0.25, 0.3) is 10.8 Å². The van der Waals surface area contributed by atoms with E-state index in [9.17, 15) is 4.79 Å². The van der Waals surface area contributed by atoms with Gasteiger partial charge in [-0.25, -0.2) is 0 Å². The van der Waals surface area contributed by atoms with Gasteiger partial charge in [-0.3, -0.25) is 0 Å². The van der Waals surface area contributed by atoms with E-state index in [-0.39, 0.29) is 24.4 Å². The summed E-state index contributed by atoms with van der Waals surface area (Å²) in [6.45, 7) is 0. The number of rotatable bonds is 1. The third-order valence-corrected chi connectivity index (χ3v) is 1.93. The average molecular weight is 178 g/mol. The van der Waals surface area contributed by atoms with Crippen molar-refractivity contribution in [3.63, 3.8) is 0 Å². The molecule has 1 N–H and O–H groups in total. The van der Waals surface area contributed by atoms with E-state index < -0.39 is 5.97 Å². The maximum atomic E-state index is 10.8. The molecule has 0 unspecified atom stereocenters. The smallest absolute Gasteiger partial charge is 0.521 e. The van der Waals surface area contributed by atoms with Gasteiger partial charge in [-0.2, -0.15) is 0 Å². The van der Waals surface area contributed by atoms with E-state index in [0.717, 1.165) is 10.8 Å². The Morgan fingerprint density at radius 3 is 2.64 bits per heavy atom. The van der Waals surface area contributed by atoms with Gasteiger partial charge in [-0.05, 0) is 0 Å². The van der Waals surface area contributed by atoms with Crippen LogP contribution in [0, 0.1) is 6.07 Å². The minimum Gasteiger partial charge on any atom is -0.521 e. The zero-order valence-corrected chi connectivity index (χ0v) is 7.82. The van der Waals surface area contributed by atoms with Crippen molar-refractivity contribution >= 4 is 16.7 Å². The van der Waals surface area contributed by atoms with Crippen molar-refractivity contribution < 1.29 is 28.8 Å². The van der Waals surface area contributed by atoms with Crippen molar-refractivity contribution in [1.29, 1.82) is 0 Å². The summed E-state index contributed by atoms with van der Waals surface area (Å²) in [6, 6.07) is 13.6. The third kappa shape index (κ3) is 1.82. The monoisotopic (exact) mass is 178 g/mol. The first-order valence-electron chi connectivity index (χ1n) is 3.92. The molecule has 0 heterocycles. The Hall–Kier alpha value is -1.23. The van der Waals surface area contributed by atoms with E-state index in [1.54, 1.807) is 12.1 Å². The van der Waals surface area contributed by atoms with Crippen LogP contribution in [-0.2, 0) is 0 Å². The maximum Gasteiger partial charge on any atom is 1.00 e. The van der Waals surface area contributed by atoms with Crippen molar-refractivity contribution in [2.24, 2.45) is 0 Å². The van der Waals surface area contributed by atoms with Gasteiger partial charge in [0.1, 0.15) is 0 Å². The van der Waals surface area contributed by atoms with Crippen LogP contribution in [0.15, 0.2) is 36.4 Å². The van der Waals surface area contributed by atoms with Crippen LogP contribution in [-0.4, -0.2) is 11.1 Å². The van der Waals surface area contributed by atoms with Crippen LogP contribution in [0.2, 0.25) is 0 Å². The van der Waals surface area contributed by atoms with E-state index in [0.29, 0.717) is 0 Å². The molecule has 2 aromatic rings. The Bertz CT molecular complexity index is 460. The molecule has 2 nitrogen and oxygen atoms in total. The number of aromatic carboxylic acids is 1. The SMILES string of the molecule is O=C(O)c1[c-]ccc2ccccc12.[Li+]. The van der Waals surface area contributed by atoms with Crippen LogP contribution in [0.3, 0.4) is 0 Å². The van der Waals surface area contributed by atoms with E-state index in [2.05, 4.69) is 6.07 Å². The molecule has 2 rings (SSSR count). The number of benzene rings is 2.